The summed E-state index contributed by atoms with van der Waals surface area (Å²) in [5.41, 5.74) is 8.32. The van der Waals surface area contributed by atoms with Crippen molar-refractivity contribution in [1.82, 2.24) is 0 Å². The molecule has 0 fully saturated rings. The average molecular weight is 242 g/mol. The topological polar surface area (TPSA) is 72.2 Å². The SMILES string of the molecule is Cc1ccc(NC(C)CS(C)(=O)=O)c(N)c1. The molecule has 1 rings (SSSR count). The van der Waals surface area contributed by atoms with Crippen molar-refractivity contribution in [3.8, 4) is 0 Å². The standard InChI is InChI=1S/C11H18N2O2S/c1-8-4-5-11(10(12)6-8)13-9(2)7-16(3,14)15/h4-6,9,13H,7,12H2,1-3H3. The minimum atomic E-state index is -2.97. The van der Waals surface area contributed by atoms with Crippen LogP contribution in [0.4, 0.5) is 11.4 Å². The number of nitrogens with one attached hydrogen (secondary N) is 1. The van der Waals surface area contributed by atoms with Gasteiger partial charge >= 0.3 is 0 Å². The fraction of sp³-hybridized carbons (Fsp3) is 0.455. The van der Waals surface area contributed by atoms with Crippen LogP contribution in [0, 0.1) is 6.92 Å². The Labute approximate surface area is 96.8 Å². The Bertz CT molecular complexity index is 469. The molecule has 0 aromatic heterocycles. The third-order valence-corrected chi connectivity index (χ3v) is 3.27. The maximum atomic E-state index is 11.1. The predicted octanol–water partition coefficient (Wildman–Crippen LogP) is 1.42. The number of nitrogens with two attached hydrogens (primary N) is 1. The molecule has 1 atom stereocenters. The van der Waals surface area contributed by atoms with Gasteiger partial charge in [-0.1, -0.05) is 6.07 Å². The van der Waals surface area contributed by atoms with Gasteiger partial charge in [-0.15, -0.1) is 0 Å². The molecule has 1 unspecified atom stereocenters. The van der Waals surface area contributed by atoms with Gasteiger partial charge < -0.3 is 11.1 Å². The fourth-order valence-corrected chi connectivity index (χ4v) is 2.57. The van der Waals surface area contributed by atoms with E-state index in [4.69, 9.17) is 5.73 Å². The van der Waals surface area contributed by atoms with Gasteiger partial charge in [-0.25, -0.2) is 8.42 Å². The van der Waals surface area contributed by atoms with Crippen LogP contribution < -0.4 is 11.1 Å². The van der Waals surface area contributed by atoms with Gasteiger partial charge in [-0.05, 0) is 31.5 Å². The summed E-state index contributed by atoms with van der Waals surface area (Å²) in [7, 11) is -2.97. The first kappa shape index (κ1) is 12.8. The molecule has 0 saturated carbocycles. The lowest BCUT2D eigenvalue weighted by Gasteiger charge is -2.16. The van der Waals surface area contributed by atoms with E-state index in [0.29, 0.717) is 5.69 Å². The van der Waals surface area contributed by atoms with Crippen molar-refractivity contribution in [1.29, 1.82) is 0 Å². The molecule has 0 spiro atoms. The van der Waals surface area contributed by atoms with Crippen LogP contribution in [0.5, 0.6) is 0 Å². The van der Waals surface area contributed by atoms with Crippen molar-refractivity contribution >= 4 is 21.2 Å². The van der Waals surface area contributed by atoms with Gasteiger partial charge in [0.15, 0.2) is 0 Å². The van der Waals surface area contributed by atoms with Crippen molar-refractivity contribution in [3.63, 3.8) is 0 Å². The second-order valence-electron chi connectivity index (χ2n) is 4.23. The number of benzene rings is 1. The third-order valence-electron chi connectivity index (χ3n) is 2.16. The first-order valence-electron chi connectivity index (χ1n) is 5.08. The molecule has 0 saturated heterocycles. The summed E-state index contributed by atoms with van der Waals surface area (Å²) in [5.74, 6) is 0.0975. The van der Waals surface area contributed by atoms with Crippen molar-refractivity contribution in [2.45, 2.75) is 19.9 Å². The molecule has 0 radical (unpaired) electrons. The van der Waals surface area contributed by atoms with E-state index in [2.05, 4.69) is 5.32 Å². The number of hydrogen-bond acceptors (Lipinski definition) is 4. The van der Waals surface area contributed by atoms with Gasteiger partial charge in [-0.3, -0.25) is 0 Å². The first-order valence-corrected chi connectivity index (χ1v) is 7.14. The maximum Gasteiger partial charge on any atom is 0.149 e. The van der Waals surface area contributed by atoms with E-state index in [1.54, 1.807) is 0 Å². The largest absolute Gasteiger partial charge is 0.397 e. The van der Waals surface area contributed by atoms with E-state index in [1.807, 2.05) is 32.0 Å². The highest BCUT2D eigenvalue weighted by molar-refractivity contribution is 7.90. The van der Waals surface area contributed by atoms with Crippen LogP contribution in [-0.4, -0.2) is 26.5 Å². The average Bonchev–Trinajstić information content (AvgIpc) is 2.06. The van der Waals surface area contributed by atoms with Crippen LogP contribution in [0.2, 0.25) is 0 Å². The quantitative estimate of drug-likeness (QED) is 0.783. The summed E-state index contributed by atoms with van der Waals surface area (Å²) in [6.45, 7) is 3.78. The Morgan fingerprint density at radius 2 is 2.06 bits per heavy atom. The molecule has 0 heterocycles. The van der Waals surface area contributed by atoms with E-state index in [1.165, 1.54) is 6.26 Å². The van der Waals surface area contributed by atoms with Crippen molar-refractivity contribution < 1.29 is 8.42 Å². The zero-order valence-corrected chi connectivity index (χ0v) is 10.6. The minimum Gasteiger partial charge on any atom is -0.397 e. The molecule has 0 aliphatic carbocycles. The summed E-state index contributed by atoms with van der Waals surface area (Å²) in [6, 6.07) is 5.50. The number of rotatable bonds is 4. The van der Waals surface area contributed by atoms with E-state index >= 15 is 0 Å². The van der Waals surface area contributed by atoms with Crippen LogP contribution in [0.25, 0.3) is 0 Å². The van der Waals surface area contributed by atoms with Crippen LogP contribution in [-0.2, 0) is 9.84 Å². The number of nitrogen functional groups attached to an aromatic ring is 1. The molecular formula is C11H18N2O2S. The molecule has 16 heavy (non-hydrogen) atoms. The molecule has 1 aromatic carbocycles. The molecule has 3 N–H and O–H groups in total. The van der Waals surface area contributed by atoms with Crippen LogP contribution in [0.3, 0.4) is 0 Å². The molecule has 4 nitrogen and oxygen atoms in total. The molecule has 0 bridgehead atoms. The zero-order chi connectivity index (χ0) is 12.3. The highest BCUT2D eigenvalue weighted by Gasteiger charge is 2.11. The van der Waals surface area contributed by atoms with E-state index < -0.39 is 9.84 Å². The molecule has 5 heteroatoms. The van der Waals surface area contributed by atoms with E-state index in [-0.39, 0.29) is 11.8 Å². The Morgan fingerprint density at radius 3 is 2.56 bits per heavy atom. The number of anilines is 2. The smallest absolute Gasteiger partial charge is 0.149 e. The van der Waals surface area contributed by atoms with Crippen molar-refractivity contribution in [2.24, 2.45) is 0 Å². The Morgan fingerprint density at radius 1 is 1.44 bits per heavy atom. The zero-order valence-electron chi connectivity index (χ0n) is 9.82. The molecule has 90 valence electrons. The fourth-order valence-electron chi connectivity index (χ4n) is 1.57. The third kappa shape index (κ3) is 4.10. The second kappa shape index (κ2) is 4.74. The molecule has 0 aliphatic rings. The van der Waals surface area contributed by atoms with Crippen LogP contribution in [0.1, 0.15) is 12.5 Å². The van der Waals surface area contributed by atoms with Gasteiger partial charge in [-0.2, -0.15) is 0 Å². The summed E-state index contributed by atoms with van der Waals surface area (Å²) in [4.78, 5) is 0. The number of aryl methyl sites for hydroxylation is 1. The lowest BCUT2D eigenvalue weighted by atomic mass is 10.2. The molecule has 0 aliphatic heterocycles. The summed E-state index contributed by atoms with van der Waals surface area (Å²) in [6.07, 6.45) is 1.23. The van der Waals surface area contributed by atoms with Gasteiger partial charge in [0.1, 0.15) is 9.84 Å². The van der Waals surface area contributed by atoms with Gasteiger partial charge in [0.2, 0.25) is 0 Å². The highest BCUT2D eigenvalue weighted by atomic mass is 32.2. The molecule has 0 amide bonds. The molecule has 1 aromatic rings. The monoisotopic (exact) mass is 242 g/mol. The van der Waals surface area contributed by atoms with E-state index in [9.17, 15) is 8.42 Å². The maximum absolute atomic E-state index is 11.1. The van der Waals surface area contributed by atoms with Gasteiger partial charge in [0, 0.05) is 12.3 Å². The van der Waals surface area contributed by atoms with Crippen LogP contribution >= 0.6 is 0 Å². The van der Waals surface area contributed by atoms with Crippen molar-refractivity contribution in [3.05, 3.63) is 23.8 Å². The number of sulfone groups is 1. The summed E-state index contributed by atoms with van der Waals surface area (Å²) >= 11 is 0. The van der Waals surface area contributed by atoms with Gasteiger partial charge in [0.05, 0.1) is 17.1 Å². The predicted molar refractivity (Wildman–Crippen MR) is 68.4 cm³/mol. The number of hydrogen-bond donors (Lipinski definition) is 2. The first-order chi connectivity index (χ1) is 7.28. The normalized spacial score (nSPS) is 13.4. The minimum absolute atomic E-state index is 0.0975. The van der Waals surface area contributed by atoms with Gasteiger partial charge in [0.25, 0.3) is 0 Å². The van der Waals surface area contributed by atoms with E-state index in [0.717, 1.165) is 11.3 Å². The lowest BCUT2D eigenvalue weighted by molar-refractivity contribution is 0.598. The molecular weight excluding hydrogens is 224 g/mol. The summed E-state index contributed by atoms with van der Waals surface area (Å²) in [5, 5.41) is 3.09. The Kier molecular flexibility index (Phi) is 3.80. The van der Waals surface area contributed by atoms with Crippen LogP contribution in [0.15, 0.2) is 18.2 Å². The Balaban J connectivity index is 2.73. The Hall–Kier alpha value is -1.23. The summed E-state index contributed by atoms with van der Waals surface area (Å²) < 4.78 is 22.2. The second-order valence-corrected chi connectivity index (χ2v) is 6.41. The highest BCUT2D eigenvalue weighted by Crippen LogP contribution is 2.20. The van der Waals surface area contributed by atoms with Crippen molar-refractivity contribution in [2.75, 3.05) is 23.1 Å². The lowest BCUT2D eigenvalue weighted by Crippen LogP contribution is -2.25.